The van der Waals surface area contributed by atoms with Crippen molar-refractivity contribution in [2.45, 2.75) is 45.1 Å². The van der Waals surface area contributed by atoms with E-state index in [9.17, 15) is 4.79 Å². The van der Waals surface area contributed by atoms with Crippen LogP contribution in [0.25, 0.3) is 10.9 Å². The number of benzene rings is 1. The van der Waals surface area contributed by atoms with Gasteiger partial charge in [0.25, 0.3) is 0 Å². The Balaban J connectivity index is 1.26. The second kappa shape index (κ2) is 8.78. The molecule has 162 valence electrons. The van der Waals surface area contributed by atoms with E-state index in [0.29, 0.717) is 12.3 Å². The number of hydrogen-bond acceptors (Lipinski definition) is 7. The number of anilines is 1. The average Bonchev–Trinajstić information content (AvgIpc) is 3.45. The molecule has 3 heterocycles. The average molecular weight is 438 g/mol. The van der Waals surface area contributed by atoms with Crippen LogP contribution in [0, 0.1) is 6.92 Å². The van der Waals surface area contributed by atoms with Gasteiger partial charge in [-0.2, -0.15) is 0 Å². The van der Waals surface area contributed by atoms with Crippen LogP contribution in [-0.2, 0) is 11.2 Å². The summed E-state index contributed by atoms with van der Waals surface area (Å²) >= 11 is 1.60. The topological polar surface area (TPSA) is 71.5 Å². The fourth-order valence-electron chi connectivity index (χ4n) is 4.44. The standard InChI is InChI=1S/C23H27N5O2S/c1-16-24-14-19(31-16)13-22(29)28-10-8-27(9-11-28)17-6-7-21-20(12-17)23(26-15-25-21)30-18-4-2-3-5-18/h6-7,12,14-15,18H,2-5,8-11,13H2,1H3. The molecule has 2 fully saturated rings. The monoisotopic (exact) mass is 437 g/mol. The summed E-state index contributed by atoms with van der Waals surface area (Å²) in [5, 5.41) is 1.97. The second-order valence-corrected chi connectivity index (χ2v) is 9.61. The Morgan fingerprint density at radius 1 is 1.13 bits per heavy atom. The zero-order chi connectivity index (χ0) is 21.2. The number of nitrogens with zero attached hydrogens (tertiary/aromatic N) is 5. The van der Waals surface area contributed by atoms with E-state index in [1.807, 2.05) is 24.1 Å². The van der Waals surface area contributed by atoms with Gasteiger partial charge in [-0.25, -0.2) is 15.0 Å². The molecule has 3 aromatic rings. The molecule has 0 atom stereocenters. The van der Waals surface area contributed by atoms with Gasteiger partial charge in [-0.1, -0.05) is 0 Å². The van der Waals surface area contributed by atoms with E-state index in [-0.39, 0.29) is 12.0 Å². The van der Waals surface area contributed by atoms with Gasteiger partial charge in [0.05, 0.1) is 22.3 Å². The van der Waals surface area contributed by atoms with Gasteiger partial charge in [-0.3, -0.25) is 4.79 Å². The van der Waals surface area contributed by atoms with Gasteiger partial charge < -0.3 is 14.5 Å². The highest BCUT2D eigenvalue weighted by atomic mass is 32.1. The molecule has 8 heteroatoms. The van der Waals surface area contributed by atoms with Gasteiger partial charge in [0.15, 0.2) is 0 Å². The van der Waals surface area contributed by atoms with Crippen LogP contribution in [0.4, 0.5) is 5.69 Å². The number of amides is 1. The van der Waals surface area contributed by atoms with Gasteiger partial charge in [-0.05, 0) is 50.8 Å². The van der Waals surface area contributed by atoms with Gasteiger partial charge in [0, 0.05) is 42.9 Å². The molecule has 31 heavy (non-hydrogen) atoms. The Kier molecular flexibility index (Phi) is 5.72. The molecule has 1 aliphatic carbocycles. The number of piperazine rings is 1. The normalized spacial score (nSPS) is 17.5. The highest BCUT2D eigenvalue weighted by Gasteiger charge is 2.23. The fourth-order valence-corrected chi connectivity index (χ4v) is 5.22. The molecule has 1 saturated heterocycles. The number of fused-ring (bicyclic) bond motifs is 1. The first-order valence-electron chi connectivity index (χ1n) is 11.0. The molecule has 1 aliphatic heterocycles. The van der Waals surface area contributed by atoms with E-state index in [1.165, 1.54) is 12.8 Å². The van der Waals surface area contributed by atoms with E-state index >= 15 is 0 Å². The van der Waals surface area contributed by atoms with Crippen molar-refractivity contribution in [3.05, 3.63) is 40.6 Å². The summed E-state index contributed by atoms with van der Waals surface area (Å²) in [6, 6.07) is 6.28. The van der Waals surface area contributed by atoms with Crippen molar-refractivity contribution in [2.75, 3.05) is 31.1 Å². The van der Waals surface area contributed by atoms with Crippen LogP contribution in [0.2, 0.25) is 0 Å². The Bertz CT molecular complexity index is 1070. The van der Waals surface area contributed by atoms with Gasteiger partial charge in [0.1, 0.15) is 12.4 Å². The maximum atomic E-state index is 12.7. The lowest BCUT2D eigenvalue weighted by Crippen LogP contribution is -2.49. The minimum Gasteiger partial charge on any atom is -0.474 e. The largest absolute Gasteiger partial charge is 0.474 e. The molecule has 7 nitrogen and oxygen atoms in total. The first-order chi connectivity index (χ1) is 15.2. The smallest absolute Gasteiger partial charge is 0.228 e. The summed E-state index contributed by atoms with van der Waals surface area (Å²) in [7, 11) is 0. The van der Waals surface area contributed by atoms with Crippen LogP contribution in [-0.4, -0.2) is 58.0 Å². The predicted octanol–water partition coefficient (Wildman–Crippen LogP) is 3.61. The molecule has 5 rings (SSSR count). The number of ether oxygens (including phenoxy) is 1. The third-order valence-corrected chi connectivity index (χ3v) is 7.07. The predicted molar refractivity (Wildman–Crippen MR) is 122 cm³/mol. The van der Waals surface area contributed by atoms with Crippen molar-refractivity contribution in [3.63, 3.8) is 0 Å². The molecule has 0 spiro atoms. The summed E-state index contributed by atoms with van der Waals surface area (Å²) in [5.74, 6) is 0.870. The lowest BCUT2D eigenvalue weighted by Gasteiger charge is -2.36. The third kappa shape index (κ3) is 4.49. The first-order valence-corrected chi connectivity index (χ1v) is 11.8. The van der Waals surface area contributed by atoms with Crippen molar-refractivity contribution in [1.29, 1.82) is 0 Å². The summed E-state index contributed by atoms with van der Waals surface area (Å²) in [6.07, 6.45) is 8.76. The molecule has 0 bridgehead atoms. The van der Waals surface area contributed by atoms with Crippen molar-refractivity contribution < 1.29 is 9.53 Å². The summed E-state index contributed by atoms with van der Waals surface area (Å²) in [6.45, 7) is 5.05. The Labute approximate surface area is 186 Å². The number of rotatable bonds is 5. The summed E-state index contributed by atoms with van der Waals surface area (Å²) in [5.41, 5.74) is 2.03. The van der Waals surface area contributed by atoms with Crippen LogP contribution in [0.5, 0.6) is 5.88 Å². The maximum absolute atomic E-state index is 12.7. The lowest BCUT2D eigenvalue weighted by molar-refractivity contribution is -0.130. The Hall–Kier alpha value is -2.74. The zero-order valence-corrected chi connectivity index (χ0v) is 18.6. The molecule has 2 aliphatic rings. The Morgan fingerprint density at radius 2 is 1.94 bits per heavy atom. The Morgan fingerprint density at radius 3 is 2.68 bits per heavy atom. The SMILES string of the molecule is Cc1ncc(CC(=O)N2CCN(c3ccc4ncnc(OC5CCCC5)c4c3)CC2)s1. The molecule has 0 radical (unpaired) electrons. The number of aryl methyl sites for hydroxylation is 1. The molecule has 1 saturated carbocycles. The maximum Gasteiger partial charge on any atom is 0.228 e. The van der Waals surface area contributed by atoms with E-state index in [0.717, 1.165) is 65.5 Å². The minimum absolute atomic E-state index is 0.183. The molecule has 1 aromatic carbocycles. The summed E-state index contributed by atoms with van der Waals surface area (Å²) < 4.78 is 6.21. The number of aromatic nitrogens is 3. The highest BCUT2D eigenvalue weighted by Crippen LogP contribution is 2.30. The van der Waals surface area contributed by atoms with Gasteiger partial charge >= 0.3 is 0 Å². The third-order valence-electron chi connectivity index (χ3n) is 6.15. The van der Waals surface area contributed by atoms with Gasteiger partial charge in [0.2, 0.25) is 11.8 Å². The molecule has 0 unspecified atom stereocenters. The van der Waals surface area contributed by atoms with E-state index in [4.69, 9.17) is 4.74 Å². The van der Waals surface area contributed by atoms with Crippen LogP contribution in [0.3, 0.4) is 0 Å². The first kappa shape index (κ1) is 20.2. The molecular weight excluding hydrogens is 410 g/mol. The number of hydrogen-bond donors (Lipinski definition) is 0. The van der Waals surface area contributed by atoms with Crippen LogP contribution >= 0.6 is 11.3 Å². The van der Waals surface area contributed by atoms with Crippen LogP contribution < -0.4 is 9.64 Å². The second-order valence-electron chi connectivity index (χ2n) is 8.29. The molecule has 2 aromatic heterocycles. The zero-order valence-electron chi connectivity index (χ0n) is 17.8. The van der Waals surface area contributed by atoms with Crippen molar-refractivity contribution >= 4 is 33.8 Å². The van der Waals surface area contributed by atoms with E-state index in [1.54, 1.807) is 17.7 Å². The molecule has 1 amide bonds. The van der Waals surface area contributed by atoms with E-state index in [2.05, 4.69) is 32.0 Å². The number of thiazole rings is 1. The fraction of sp³-hybridized carbons (Fsp3) is 0.478. The number of carbonyl (C=O) groups is 1. The van der Waals surface area contributed by atoms with E-state index < -0.39 is 0 Å². The number of carbonyl (C=O) groups excluding carboxylic acids is 1. The van der Waals surface area contributed by atoms with Crippen molar-refractivity contribution in [2.24, 2.45) is 0 Å². The summed E-state index contributed by atoms with van der Waals surface area (Å²) in [4.78, 5) is 31.1. The van der Waals surface area contributed by atoms with Gasteiger partial charge in [-0.15, -0.1) is 11.3 Å². The van der Waals surface area contributed by atoms with Crippen molar-refractivity contribution in [1.82, 2.24) is 19.9 Å². The quantitative estimate of drug-likeness (QED) is 0.607. The van der Waals surface area contributed by atoms with Crippen molar-refractivity contribution in [3.8, 4) is 5.88 Å². The van der Waals surface area contributed by atoms with Crippen LogP contribution in [0.1, 0.15) is 35.6 Å². The lowest BCUT2D eigenvalue weighted by atomic mass is 10.1. The molecular formula is C23H27N5O2S. The highest BCUT2D eigenvalue weighted by molar-refractivity contribution is 7.11. The minimum atomic E-state index is 0.183. The van der Waals surface area contributed by atoms with Crippen LogP contribution in [0.15, 0.2) is 30.7 Å². The molecule has 0 N–H and O–H groups in total.